The summed E-state index contributed by atoms with van der Waals surface area (Å²) in [6.45, 7) is 2.83. The van der Waals surface area contributed by atoms with Crippen LogP contribution in [0.1, 0.15) is 29.3 Å². The minimum absolute atomic E-state index is 0.277. The summed E-state index contributed by atoms with van der Waals surface area (Å²) in [6.07, 6.45) is 5.29. The smallest absolute Gasteiger partial charge is 0.298 e. The van der Waals surface area contributed by atoms with Gasteiger partial charge >= 0.3 is 0 Å². The second kappa shape index (κ2) is 11.0. The first-order valence-corrected chi connectivity index (χ1v) is 11.3. The Morgan fingerprint density at radius 3 is 2.26 bits per heavy atom. The molecule has 8 heteroatoms. The van der Waals surface area contributed by atoms with Gasteiger partial charge in [0, 0.05) is 36.2 Å². The number of nitrogens with zero attached hydrogens (tertiary/aromatic N) is 3. The minimum atomic E-state index is 0.277. The zero-order chi connectivity index (χ0) is 23.8. The molecule has 0 aliphatic carbocycles. The molecule has 0 aliphatic heterocycles. The summed E-state index contributed by atoms with van der Waals surface area (Å²) in [5, 5.41) is 2.14. The molecule has 0 amide bonds. The van der Waals surface area contributed by atoms with E-state index in [2.05, 4.69) is 45.2 Å². The number of aryl methyl sites for hydroxylation is 1. The van der Waals surface area contributed by atoms with Gasteiger partial charge in [-0.15, -0.1) is 11.3 Å². The molecule has 4 heterocycles. The van der Waals surface area contributed by atoms with E-state index in [1.165, 1.54) is 11.8 Å². The van der Waals surface area contributed by atoms with Gasteiger partial charge < -0.3 is 9.47 Å². The summed E-state index contributed by atoms with van der Waals surface area (Å²) >= 11 is 1.63. The minimum Gasteiger partial charge on any atom is -0.429 e. The Bertz CT molecular complexity index is 1390. The van der Waals surface area contributed by atoms with Crippen molar-refractivity contribution in [2.24, 2.45) is 0 Å². The molecule has 168 valence electrons. The highest BCUT2D eigenvalue weighted by Gasteiger charge is 2.11. The fraction of sp³-hybridized carbons (Fsp3) is 0.115. The highest BCUT2D eigenvalue weighted by Crippen LogP contribution is 2.28. The summed E-state index contributed by atoms with van der Waals surface area (Å²) in [5.41, 5.74) is 3.97. The molecule has 4 rings (SSSR count). The maximum absolute atomic E-state index is 11.0. The predicted octanol–water partition coefficient (Wildman–Crippen LogP) is 4.69. The van der Waals surface area contributed by atoms with Gasteiger partial charge in [-0.25, -0.2) is 4.98 Å². The lowest BCUT2D eigenvalue weighted by Crippen LogP contribution is -1.97. The third-order valence-electron chi connectivity index (χ3n) is 4.71. The van der Waals surface area contributed by atoms with Crippen molar-refractivity contribution < 1.29 is 19.1 Å². The summed E-state index contributed by atoms with van der Waals surface area (Å²) in [6, 6.07) is 12.1. The molecule has 0 aromatic carbocycles. The van der Waals surface area contributed by atoms with E-state index in [1.807, 2.05) is 12.1 Å². The molecule has 0 unspecified atom stereocenters. The summed E-state index contributed by atoms with van der Waals surface area (Å²) < 4.78 is 9.97. The van der Waals surface area contributed by atoms with Crippen LogP contribution in [0.25, 0.3) is 22.8 Å². The highest BCUT2D eigenvalue weighted by molar-refractivity contribution is 7.10. The molecular formula is C26H19N3O4S. The zero-order valence-electron chi connectivity index (χ0n) is 18.2. The van der Waals surface area contributed by atoms with Crippen molar-refractivity contribution in [2.75, 3.05) is 0 Å². The highest BCUT2D eigenvalue weighted by atomic mass is 32.1. The van der Waals surface area contributed by atoms with Crippen molar-refractivity contribution in [2.45, 2.75) is 19.8 Å². The molecule has 4 aromatic heterocycles. The molecule has 0 spiro atoms. The van der Waals surface area contributed by atoms with Gasteiger partial charge in [-0.1, -0.05) is 25.2 Å². The molecule has 0 radical (unpaired) electrons. The van der Waals surface area contributed by atoms with Gasteiger partial charge in [0.05, 0.1) is 27.7 Å². The first-order chi connectivity index (χ1) is 16.7. The van der Waals surface area contributed by atoms with Crippen LogP contribution in [0.5, 0.6) is 11.5 Å². The largest absolute Gasteiger partial charge is 0.429 e. The van der Waals surface area contributed by atoms with Crippen molar-refractivity contribution in [1.29, 1.82) is 0 Å². The molecule has 0 fully saturated rings. The van der Waals surface area contributed by atoms with Gasteiger partial charge in [0.25, 0.3) is 12.9 Å². The van der Waals surface area contributed by atoms with E-state index >= 15 is 0 Å². The summed E-state index contributed by atoms with van der Waals surface area (Å²) in [5.74, 6) is 6.97. The lowest BCUT2D eigenvalue weighted by atomic mass is 10.1. The van der Waals surface area contributed by atoms with Gasteiger partial charge in [-0.2, -0.15) is 0 Å². The third-order valence-corrected chi connectivity index (χ3v) is 5.60. The summed E-state index contributed by atoms with van der Waals surface area (Å²) in [7, 11) is 0. The number of pyridine rings is 3. The van der Waals surface area contributed by atoms with Gasteiger partial charge in [0.1, 0.15) is 11.5 Å². The van der Waals surface area contributed by atoms with Crippen molar-refractivity contribution >= 4 is 24.3 Å². The van der Waals surface area contributed by atoms with Gasteiger partial charge in [0.15, 0.2) is 0 Å². The second-order valence-corrected chi connectivity index (χ2v) is 8.04. The number of rotatable bonds is 8. The average molecular weight is 470 g/mol. The van der Waals surface area contributed by atoms with Crippen molar-refractivity contribution in [3.63, 3.8) is 0 Å². The number of ether oxygens (including phenoxy) is 2. The van der Waals surface area contributed by atoms with Crippen LogP contribution in [0.3, 0.4) is 0 Å². The SMILES string of the molecule is CCCc1csc(C#Cc2ccnc(-c3cc(OC=O)cc(-c4cc(OC=O)ccn4)n3)c2)c1. The number of aromatic nitrogens is 3. The predicted molar refractivity (Wildman–Crippen MR) is 128 cm³/mol. The Morgan fingerprint density at radius 2 is 1.53 bits per heavy atom. The van der Waals surface area contributed by atoms with E-state index < -0.39 is 0 Å². The first-order valence-electron chi connectivity index (χ1n) is 10.4. The van der Waals surface area contributed by atoms with E-state index in [9.17, 15) is 9.59 Å². The van der Waals surface area contributed by atoms with Crippen LogP contribution in [0, 0.1) is 11.8 Å². The maximum Gasteiger partial charge on any atom is 0.298 e. The quantitative estimate of drug-likeness (QED) is 0.273. The molecule has 4 aromatic rings. The van der Waals surface area contributed by atoms with E-state index in [0.29, 0.717) is 41.5 Å². The summed E-state index contributed by atoms with van der Waals surface area (Å²) in [4.78, 5) is 36.0. The third kappa shape index (κ3) is 5.71. The number of hydrogen-bond donors (Lipinski definition) is 0. The Balaban J connectivity index is 1.69. The van der Waals surface area contributed by atoms with Crippen LogP contribution in [0.2, 0.25) is 0 Å². The standard InChI is InChI=1S/C26H19N3O4S/c1-2-3-19-10-22(34-15-19)5-4-18-6-8-27-23(11-18)25-13-21(33-17-31)14-26(29-25)24-12-20(32-16-30)7-9-28-24/h6-17H,2-3H2,1H3. The van der Waals surface area contributed by atoms with Gasteiger partial charge in [0.2, 0.25) is 0 Å². The van der Waals surface area contributed by atoms with Crippen LogP contribution in [0.15, 0.2) is 60.2 Å². The molecule has 0 saturated heterocycles. The second-order valence-electron chi connectivity index (χ2n) is 7.13. The lowest BCUT2D eigenvalue weighted by Gasteiger charge is -2.08. The van der Waals surface area contributed by atoms with Gasteiger partial charge in [-0.3, -0.25) is 19.6 Å². The van der Waals surface area contributed by atoms with Crippen LogP contribution in [-0.2, 0) is 16.0 Å². The Kier molecular flexibility index (Phi) is 7.38. The fourth-order valence-electron chi connectivity index (χ4n) is 3.21. The normalized spacial score (nSPS) is 10.1. The van der Waals surface area contributed by atoms with Crippen molar-refractivity contribution in [3.8, 4) is 46.1 Å². The van der Waals surface area contributed by atoms with Crippen LogP contribution < -0.4 is 9.47 Å². The number of hydrogen-bond acceptors (Lipinski definition) is 8. The molecule has 0 atom stereocenters. The van der Waals surface area contributed by atoms with Crippen molar-refractivity contribution in [1.82, 2.24) is 15.0 Å². The Morgan fingerprint density at radius 1 is 0.853 bits per heavy atom. The van der Waals surface area contributed by atoms with E-state index in [-0.39, 0.29) is 5.75 Å². The molecule has 0 bridgehead atoms. The number of thiophene rings is 1. The Labute approximate surface area is 200 Å². The topological polar surface area (TPSA) is 91.3 Å². The zero-order valence-corrected chi connectivity index (χ0v) is 19.0. The van der Waals surface area contributed by atoms with Crippen molar-refractivity contribution in [3.05, 3.63) is 76.2 Å². The molecule has 0 saturated carbocycles. The Hall–Kier alpha value is -4.35. The monoisotopic (exact) mass is 469 g/mol. The maximum atomic E-state index is 11.0. The number of carbonyl (C=O) groups excluding carboxylic acids is 2. The van der Waals surface area contributed by atoms with Crippen LogP contribution >= 0.6 is 11.3 Å². The van der Waals surface area contributed by atoms with Crippen LogP contribution in [-0.4, -0.2) is 27.9 Å². The lowest BCUT2D eigenvalue weighted by molar-refractivity contribution is -0.121. The molecule has 34 heavy (non-hydrogen) atoms. The van der Waals surface area contributed by atoms with E-state index in [1.54, 1.807) is 41.8 Å². The molecule has 0 N–H and O–H groups in total. The van der Waals surface area contributed by atoms with E-state index in [0.717, 1.165) is 23.3 Å². The number of carbonyl (C=O) groups is 2. The fourth-order valence-corrected chi connectivity index (χ4v) is 4.01. The average Bonchev–Trinajstić information content (AvgIpc) is 3.31. The van der Waals surface area contributed by atoms with E-state index in [4.69, 9.17) is 9.47 Å². The molecular weight excluding hydrogens is 450 g/mol. The molecule has 7 nitrogen and oxygen atoms in total. The van der Waals surface area contributed by atoms with Gasteiger partial charge in [-0.05, 0) is 41.6 Å². The first kappa shape index (κ1) is 22.8. The molecule has 0 aliphatic rings. The van der Waals surface area contributed by atoms with Crippen LogP contribution in [0.4, 0.5) is 0 Å².